The molecule has 3 aromatic rings. The number of aliphatic imine (C=N–C) groups is 1. The van der Waals surface area contributed by atoms with Gasteiger partial charge in [-0.05, 0) is 80.5 Å². The van der Waals surface area contributed by atoms with E-state index in [0.29, 0.717) is 36.3 Å². The maximum absolute atomic E-state index is 11.7. The second kappa shape index (κ2) is 15.9. The Morgan fingerprint density at radius 2 is 1.43 bits per heavy atom. The van der Waals surface area contributed by atoms with E-state index < -0.39 is 0 Å². The number of halogens is 2. The van der Waals surface area contributed by atoms with Crippen molar-refractivity contribution in [2.24, 2.45) is 4.99 Å². The van der Waals surface area contributed by atoms with E-state index in [1.165, 1.54) is 5.56 Å². The largest absolute Gasteiger partial charge is 0.494 e. The highest BCUT2D eigenvalue weighted by Crippen LogP contribution is 2.33. The van der Waals surface area contributed by atoms with Gasteiger partial charge in [0.15, 0.2) is 5.90 Å². The number of benzene rings is 3. The van der Waals surface area contributed by atoms with Crippen molar-refractivity contribution < 1.29 is 19.0 Å². The fourth-order valence-corrected chi connectivity index (χ4v) is 6.50. The third kappa shape index (κ3) is 8.66. The van der Waals surface area contributed by atoms with E-state index in [1.54, 1.807) is 0 Å². The third-order valence-electron chi connectivity index (χ3n) is 8.74. The summed E-state index contributed by atoms with van der Waals surface area (Å²) in [5, 5.41) is 4.17. The minimum Gasteiger partial charge on any atom is -0.494 e. The number of hydrogen-bond acceptors (Lipinski definition) is 7. The van der Waals surface area contributed by atoms with Gasteiger partial charge in [0.05, 0.1) is 41.2 Å². The molecule has 10 heteroatoms. The molecule has 3 heterocycles. The molecule has 3 aliphatic rings. The molecule has 6 rings (SSSR count). The number of unbranched alkanes of at least 4 members (excludes halogenated alkanes) is 2. The predicted octanol–water partition coefficient (Wildman–Crippen LogP) is 7.71. The van der Waals surface area contributed by atoms with Crippen LogP contribution < -0.4 is 19.7 Å². The minimum atomic E-state index is 0.0635. The lowest BCUT2D eigenvalue weighted by Gasteiger charge is -2.36. The van der Waals surface area contributed by atoms with Gasteiger partial charge in [0, 0.05) is 56.8 Å². The average Bonchev–Trinajstić information content (AvgIpc) is 3.07. The summed E-state index contributed by atoms with van der Waals surface area (Å²) < 4.78 is 18.0. The van der Waals surface area contributed by atoms with Crippen LogP contribution in [-0.4, -0.2) is 69.2 Å². The normalized spacial score (nSPS) is 16.3. The standard InChI is InChI=1S/C36H42Cl2N4O4/c37-30-6-5-7-33(36(30)38)42-19-17-41(18-20-42)16-1-2-21-44-29-13-9-27-11-15-35(40-32(27)25-29)46-23-4-3-22-45-28-12-8-26-10-14-34(43)39-31(26)24-28/h5-9,12-13,24-25H,1-4,10-11,14-23H2,(H,39,43). The summed E-state index contributed by atoms with van der Waals surface area (Å²) in [5.41, 5.74) is 5.22. The molecular weight excluding hydrogens is 623 g/mol. The molecule has 0 aliphatic carbocycles. The van der Waals surface area contributed by atoms with Crippen LogP contribution in [0.3, 0.4) is 0 Å². The summed E-state index contributed by atoms with van der Waals surface area (Å²) in [7, 11) is 0. The monoisotopic (exact) mass is 664 g/mol. The molecular formula is C36H42Cl2N4O4. The number of carbonyl (C=O) groups is 1. The highest BCUT2D eigenvalue weighted by atomic mass is 35.5. The predicted molar refractivity (Wildman–Crippen MR) is 186 cm³/mol. The van der Waals surface area contributed by atoms with E-state index in [-0.39, 0.29) is 5.91 Å². The number of ether oxygens (including phenoxy) is 3. The molecule has 0 aromatic heterocycles. The lowest BCUT2D eigenvalue weighted by molar-refractivity contribution is -0.116. The number of carbonyl (C=O) groups excluding carboxylic acids is 1. The molecule has 1 N–H and O–H groups in total. The van der Waals surface area contributed by atoms with Crippen molar-refractivity contribution in [2.75, 3.05) is 62.8 Å². The molecule has 1 amide bonds. The van der Waals surface area contributed by atoms with Gasteiger partial charge >= 0.3 is 0 Å². The molecule has 244 valence electrons. The lowest BCUT2D eigenvalue weighted by atomic mass is 10.0. The molecule has 0 bridgehead atoms. The number of aryl methyl sites for hydroxylation is 2. The van der Waals surface area contributed by atoms with E-state index in [1.807, 2.05) is 42.5 Å². The van der Waals surface area contributed by atoms with Gasteiger partial charge in [0.25, 0.3) is 0 Å². The number of anilines is 2. The minimum absolute atomic E-state index is 0.0635. The molecule has 3 aromatic carbocycles. The van der Waals surface area contributed by atoms with Crippen LogP contribution in [0.2, 0.25) is 10.0 Å². The maximum Gasteiger partial charge on any atom is 0.224 e. The fraction of sp³-hybridized carbons (Fsp3) is 0.444. The Morgan fingerprint density at radius 3 is 2.24 bits per heavy atom. The van der Waals surface area contributed by atoms with Crippen LogP contribution in [0, 0.1) is 0 Å². The maximum atomic E-state index is 11.7. The summed E-state index contributed by atoms with van der Waals surface area (Å²) >= 11 is 12.6. The fourth-order valence-electron chi connectivity index (χ4n) is 6.09. The van der Waals surface area contributed by atoms with E-state index in [2.05, 4.69) is 27.2 Å². The Bertz CT molecular complexity index is 1540. The number of amides is 1. The van der Waals surface area contributed by atoms with Crippen LogP contribution in [0.25, 0.3) is 0 Å². The second-order valence-electron chi connectivity index (χ2n) is 12.0. The van der Waals surface area contributed by atoms with Crippen LogP contribution in [-0.2, 0) is 22.4 Å². The summed E-state index contributed by atoms with van der Waals surface area (Å²) in [4.78, 5) is 21.3. The van der Waals surface area contributed by atoms with Gasteiger partial charge in [0.1, 0.15) is 11.5 Å². The number of fused-ring (bicyclic) bond motifs is 2. The van der Waals surface area contributed by atoms with Crippen molar-refractivity contribution in [1.82, 2.24) is 4.90 Å². The first kappa shape index (κ1) is 32.5. The van der Waals surface area contributed by atoms with Crippen molar-refractivity contribution in [1.29, 1.82) is 0 Å². The number of nitrogens with one attached hydrogen (secondary N) is 1. The summed E-state index contributed by atoms with van der Waals surface area (Å²) in [5.74, 6) is 2.49. The Morgan fingerprint density at radius 1 is 0.739 bits per heavy atom. The zero-order valence-electron chi connectivity index (χ0n) is 26.2. The van der Waals surface area contributed by atoms with E-state index in [9.17, 15) is 4.79 Å². The van der Waals surface area contributed by atoms with Crippen molar-refractivity contribution >= 4 is 52.1 Å². The Kier molecular flexibility index (Phi) is 11.2. The number of hydrogen-bond donors (Lipinski definition) is 1. The molecule has 0 saturated carbocycles. The van der Waals surface area contributed by atoms with E-state index >= 15 is 0 Å². The number of nitrogens with zero attached hydrogens (tertiary/aromatic N) is 3. The molecule has 0 spiro atoms. The van der Waals surface area contributed by atoms with Crippen LogP contribution in [0.4, 0.5) is 17.1 Å². The second-order valence-corrected chi connectivity index (χ2v) is 12.8. The Labute approximate surface area is 281 Å². The zero-order valence-corrected chi connectivity index (χ0v) is 27.8. The van der Waals surface area contributed by atoms with Crippen LogP contribution in [0.5, 0.6) is 11.5 Å². The van der Waals surface area contributed by atoms with Crippen LogP contribution in [0.15, 0.2) is 59.6 Å². The molecule has 46 heavy (non-hydrogen) atoms. The smallest absolute Gasteiger partial charge is 0.224 e. The van der Waals surface area contributed by atoms with Gasteiger partial charge in [-0.15, -0.1) is 0 Å². The van der Waals surface area contributed by atoms with Crippen LogP contribution in [0.1, 0.15) is 49.7 Å². The average molecular weight is 666 g/mol. The zero-order chi connectivity index (χ0) is 31.7. The molecule has 8 nitrogen and oxygen atoms in total. The summed E-state index contributed by atoms with van der Waals surface area (Å²) in [6.07, 6.45) is 6.90. The third-order valence-corrected chi connectivity index (χ3v) is 9.55. The lowest BCUT2D eigenvalue weighted by Crippen LogP contribution is -2.46. The molecule has 0 radical (unpaired) electrons. The van der Waals surface area contributed by atoms with Crippen LogP contribution >= 0.6 is 23.2 Å². The highest BCUT2D eigenvalue weighted by molar-refractivity contribution is 6.43. The molecule has 3 aliphatic heterocycles. The number of piperazine rings is 1. The SMILES string of the molecule is O=C1CCc2ccc(OCCCCOC3=Nc4cc(OCCCCN5CCN(c6cccc(Cl)c6Cl)CC5)ccc4CC3)cc2N1. The van der Waals surface area contributed by atoms with Gasteiger partial charge in [-0.2, -0.15) is 0 Å². The molecule has 0 unspecified atom stereocenters. The first-order valence-electron chi connectivity index (χ1n) is 16.4. The van der Waals surface area contributed by atoms with E-state index in [0.717, 1.165) is 118 Å². The highest BCUT2D eigenvalue weighted by Gasteiger charge is 2.20. The van der Waals surface area contributed by atoms with E-state index in [4.69, 9.17) is 42.4 Å². The Hall–Kier alpha value is -3.46. The summed E-state index contributed by atoms with van der Waals surface area (Å²) in [6.45, 7) is 6.89. The van der Waals surface area contributed by atoms with Gasteiger partial charge in [-0.1, -0.05) is 41.4 Å². The first-order valence-corrected chi connectivity index (χ1v) is 17.2. The van der Waals surface area contributed by atoms with Gasteiger partial charge < -0.3 is 24.4 Å². The summed E-state index contributed by atoms with van der Waals surface area (Å²) in [6, 6.07) is 18.0. The molecule has 1 fully saturated rings. The molecule has 1 saturated heterocycles. The Balaban J connectivity index is 0.856. The van der Waals surface area contributed by atoms with Gasteiger partial charge in [0.2, 0.25) is 5.91 Å². The number of rotatable bonds is 13. The first-order chi connectivity index (χ1) is 22.5. The topological polar surface area (TPSA) is 75.6 Å². The van der Waals surface area contributed by atoms with Crippen molar-refractivity contribution in [3.05, 3.63) is 75.8 Å². The quantitative estimate of drug-likeness (QED) is 0.189. The van der Waals surface area contributed by atoms with Crippen molar-refractivity contribution in [3.8, 4) is 11.5 Å². The van der Waals surface area contributed by atoms with Gasteiger partial charge in [-0.3, -0.25) is 9.69 Å². The molecule has 0 atom stereocenters. The van der Waals surface area contributed by atoms with Crippen molar-refractivity contribution in [3.63, 3.8) is 0 Å². The van der Waals surface area contributed by atoms with Gasteiger partial charge in [-0.25, -0.2) is 4.99 Å². The van der Waals surface area contributed by atoms with Crippen molar-refractivity contribution in [2.45, 2.75) is 51.4 Å².